The molecule has 3 atom stereocenters. The lowest BCUT2D eigenvalue weighted by molar-refractivity contribution is -0.384. The summed E-state index contributed by atoms with van der Waals surface area (Å²) in [4.78, 5) is 36.9. The van der Waals surface area contributed by atoms with Crippen LogP contribution in [0.2, 0.25) is 0 Å². The van der Waals surface area contributed by atoms with Crippen molar-refractivity contribution in [3.63, 3.8) is 0 Å². The molecule has 10 nitrogen and oxygen atoms in total. The zero-order valence-electron chi connectivity index (χ0n) is 14.0. The van der Waals surface area contributed by atoms with Crippen molar-refractivity contribution in [2.75, 3.05) is 18.1 Å². The SMILES string of the molecule is CC1(C)O[C@@H]2CO[C@]3(CN(c4ccccc4[N+](=O)[O-])C(=O)O3)C(=O)[C@@H]2O1. The van der Waals surface area contributed by atoms with Crippen LogP contribution in [-0.4, -0.2) is 53.7 Å². The van der Waals surface area contributed by atoms with Crippen molar-refractivity contribution in [1.29, 1.82) is 0 Å². The molecule has 0 radical (unpaired) electrons. The molecular formula is C16H16N2O8. The van der Waals surface area contributed by atoms with Crippen molar-refractivity contribution in [3.8, 4) is 0 Å². The minimum atomic E-state index is -1.87. The van der Waals surface area contributed by atoms with E-state index in [4.69, 9.17) is 18.9 Å². The molecule has 4 rings (SSSR count). The van der Waals surface area contributed by atoms with Crippen molar-refractivity contribution >= 4 is 23.3 Å². The van der Waals surface area contributed by atoms with E-state index >= 15 is 0 Å². The zero-order chi connectivity index (χ0) is 18.7. The zero-order valence-corrected chi connectivity index (χ0v) is 14.0. The van der Waals surface area contributed by atoms with Gasteiger partial charge in [0.25, 0.3) is 11.5 Å². The van der Waals surface area contributed by atoms with Crippen LogP contribution in [0.25, 0.3) is 0 Å². The van der Waals surface area contributed by atoms with E-state index in [1.807, 2.05) is 0 Å². The second-order valence-electron chi connectivity index (χ2n) is 6.72. The molecule has 1 aromatic rings. The topological polar surface area (TPSA) is 117 Å². The average molecular weight is 364 g/mol. The van der Waals surface area contributed by atoms with E-state index in [1.54, 1.807) is 19.9 Å². The van der Waals surface area contributed by atoms with E-state index in [2.05, 4.69) is 0 Å². The van der Waals surface area contributed by atoms with Gasteiger partial charge < -0.3 is 18.9 Å². The maximum atomic E-state index is 12.9. The first-order chi connectivity index (χ1) is 12.2. The summed E-state index contributed by atoms with van der Waals surface area (Å²) in [7, 11) is 0. The monoisotopic (exact) mass is 364 g/mol. The number of Topliss-reactive ketones (excluding diaryl/α,β-unsaturated/α-hetero) is 1. The van der Waals surface area contributed by atoms with Gasteiger partial charge in [0.2, 0.25) is 5.78 Å². The molecule has 3 aliphatic heterocycles. The van der Waals surface area contributed by atoms with Crippen LogP contribution >= 0.6 is 0 Å². The van der Waals surface area contributed by atoms with Gasteiger partial charge in [0.15, 0.2) is 11.9 Å². The minimum Gasteiger partial charge on any atom is -0.407 e. The molecule has 1 aromatic carbocycles. The van der Waals surface area contributed by atoms with E-state index in [9.17, 15) is 19.7 Å². The molecule has 10 heteroatoms. The van der Waals surface area contributed by atoms with Gasteiger partial charge in [-0.25, -0.2) is 4.79 Å². The molecule has 3 saturated heterocycles. The number of para-hydroxylation sites is 2. The summed E-state index contributed by atoms with van der Waals surface area (Å²) >= 11 is 0. The third-order valence-electron chi connectivity index (χ3n) is 4.51. The van der Waals surface area contributed by atoms with E-state index in [-0.39, 0.29) is 24.5 Å². The molecule has 0 unspecified atom stereocenters. The van der Waals surface area contributed by atoms with Crippen LogP contribution in [-0.2, 0) is 23.7 Å². The summed E-state index contributed by atoms with van der Waals surface area (Å²) in [5.41, 5.74) is -0.244. The molecule has 3 heterocycles. The summed E-state index contributed by atoms with van der Waals surface area (Å²) in [6, 6.07) is 5.71. The highest BCUT2D eigenvalue weighted by Crippen LogP contribution is 2.41. The number of nitro groups is 1. The van der Waals surface area contributed by atoms with Crippen molar-refractivity contribution in [2.45, 2.75) is 37.6 Å². The normalized spacial score (nSPS) is 32.6. The van der Waals surface area contributed by atoms with Gasteiger partial charge >= 0.3 is 6.09 Å². The number of benzene rings is 1. The predicted octanol–water partition coefficient (Wildman–Crippen LogP) is 1.37. The molecule has 0 saturated carbocycles. The van der Waals surface area contributed by atoms with Crippen LogP contribution in [0.15, 0.2) is 24.3 Å². The standard InChI is InChI=1S/C16H16N2O8/c1-15(2)24-11-7-23-16(13(19)12(11)25-15)8-17(14(20)26-16)9-5-3-4-6-10(9)18(21)22/h3-6,11-12H,7-8H2,1-2H3/t11-,12-,16+/m1/s1. The summed E-state index contributed by atoms with van der Waals surface area (Å²) < 4.78 is 22.0. The number of amides is 1. The van der Waals surface area contributed by atoms with E-state index in [0.29, 0.717) is 0 Å². The summed E-state index contributed by atoms with van der Waals surface area (Å²) in [5, 5.41) is 11.2. The summed E-state index contributed by atoms with van der Waals surface area (Å²) in [5.74, 6) is -3.40. The number of nitro benzene ring substituents is 1. The van der Waals surface area contributed by atoms with Crippen LogP contribution < -0.4 is 4.90 Å². The Bertz CT molecular complexity index is 809. The number of rotatable bonds is 2. The molecule has 138 valence electrons. The third kappa shape index (κ3) is 2.45. The molecule has 0 N–H and O–H groups in total. The lowest BCUT2D eigenvalue weighted by atomic mass is 9.98. The van der Waals surface area contributed by atoms with Gasteiger partial charge in [-0.3, -0.25) is 19.8 Å². The second kappa shape index (κ2) is 5.47. The molecule has 3 aliphatic rings. The number of fused-ring (bicyclic) bond motifs is 1. The molecule has 1 amide bonds. The highest BCUT2D eigenvalue weighted by atomic mass is 16.8. The minimum absolute atomic E-state index is 0.00214. The molecule has 3 fully saturated rings. The number of ether oxygens (including phenoxy) is 4. The predicted molar refractivity (Wildman–Crippen MR) is 84.4 cm³/mol. The fraction of sp³-hybridized carbons (Fsp3) is 0.500. The number of hydrogen-bond acceptors (Lipinski definition) is 8. The largest absolute Gasteiger partial charge is 0.417 e. The lowest BCUT2D eigenvalue weighted by Gasteiger charge is -2.34. The number of carbonyl (C=O) groups excluding carboxylic acids is 2. The van der Waals surface area contributed by atoms with Gasteiger partial charge in [-0.1, -0.05) is 12.1 Å². The number of ketones is 1. The van der Waals surface area contributed by atoms with Crippen molar-refractivity contribution in [2.24, 2.45) is 0 Å². The van der Waals surface area contributed by atoms with Crippen molar-refractivity contribution < 1.29 is 33.5 Å². The molecule has 0 aromatic heterocycles. The van der Waals surface area contributed by atoms with Crippen molar-refractivity contribution in [1.82, 2.24) is 0 Å². The maximum Gasteiger partial charge on any atom is 0.417 e. The summed E-state index contributed by atoms with van der Waals surface area (Å²) in [6.45, 7) is 3.04. The van der Waals surface area contributed by atoms with Crippen LogP contribution in [0.1, 0.15) is 13.8 Å². The highest BCUT2D eigenvalue weighted by molar-refractivity contribution is 6.01. The van der Waals surface area contributed by atoms with Crippen LogP contribution in [0.4, 0.5) is 16.2 Å². The van der Waals surface area contributed by atoms with E-state index in [0.717, 1.165) is 4.90 Å². The van der Waals surface area contributed by atoms with Crippen LogP contribution in [0.3, 0.4) is 0 Å². The Kier molecular flexibility index (Phi) is 3.55. The number of carbonyl (C=O) groups is 2. The second-order valence-corrected chi connectivity index (χ2v) is 6.72. The fourth-order valence-corrected chi connectivity index (χ4v) is 3.42. The van der Waals surface area contributed by atoms with Gasteiger partial charge in [-0.05, 0) is 19.9 Å². The van der Waals surface area contributed by atoms with Gasteiger partial charge in [-0.15, -0.1) is 0 Å². The Morgan fingerprint density at radius 3 is 2.69 bits per heavy atom. The smallest absolute Gasteiger partial charge is 0.407 e. The molecule has 1 spiro atoms. The molecule has 0 bridgehead atoms. The van der Waals surface area contributed by atoms with E-state index in [1.165, 1.54) is 18.2 Å². The van der Waals surface area contributed by atoms with Gasteiger partial charge in [0, 0.05) is 6.07 Å². The lowest BCUT2D eigenvalue weighted by Crippen LogP contribution is -2.59. The Hall–Kier alpha value is -2.56. The maximum absolute atomic E-state index is 12.9. The van der Waals surface area contributed by atoms with E-state index < -0.39 is 40.6 Å². The molecule has 0 aliphatic carbocycles. The third-order valence-corrected chi connectivity index (χ3v) is 4.51. The quantitative estimate of drug-likeness (QED) is 0.570. The van der Waals surface area contributed by atoms with Crippen LogP contribution in [0.5, 0.6) is 0 Å². The number of hydrogen-bond donors (Lipinski definition) is 0. The van der Waals surface area contributed by atoms with Gasteiger partial charge in [0.1, 0.15) is 18.3 Å². The fourth-order valence-electron chi connectivity index (χ4n) is 3.42. The molecule has 26 heavy (non-hydrogen) atoms. The average Bonchev–Trinajstić information content (AvgIpc) is 3.08. The van der Waals surface area contributed by atoms with Crippen LogP contribution in [0, 0.1) is 10.1 Å². The summed E-state index contributed by atoms with van der Waals surface area (Å²) in [6.07, 6.45) is -2.43. The number of nitrogens with zero attached hydrogens (tertiary/aromatic N) is 2. The Morgan fingerprint density at radius 1 is 1.23 bits per heavy atom. The Morgan fingerprint density at radius 2 is 1.96 bits per heavy atom. The first-order valence-corrected chi connectivity index (χ1v) is 8.00. The van der Waals surface area contributed by atoms with Gasteiger partial charge in [-0.2, -0.15) is 0 Å². The molecular weight excluding hydrogens is 348 g/mol. The highest BCUT2D eigenvalue weighted by Gasteiger charge is 2.63. The Labute approximate surface area is 147 Å². The van der Waals surface area contributed by atoms with Crippen molar-refractivity contribution in [3.05, 3.63) is 34.4 Å². The Balaban J connectivity index is 1.64. The number of anilines is 1. The first kappa shape index (κ1) is 16.9. The first-order valence-electron chi connectivity index (χ1n) is 8.00. The van der Waals surface area contributed by atoms with Gasteiger partial charge in [0.05, 0.1) is 11.5 Å².